The molecule has 0 saturated heterocycles. The number of fused-ring (bicyclic) bond motifs is 1. The van der Waals surface area contributed by atoms with E-state index in [4.69, 9.17) is 0 Å². The third kappa shape index (κ3) is 1.56. The Hall–Kier alpha value is -0.960. The summed E-state index contributed by atoms with van der Waals surface area (Å²) >= 11 is 0. The molecule has 1 aromatic heterocycles. The molecule has 3 nitrogen and oxygen atoms in total. The molecule has 13 heavy (non-hydrogen) atoms. The van der Waals surface area contributed by atoms with Crippen molar-refractivity contribution < 1.29 is 0 Å². The monoisotopic (exact) mass is 177 g/mol. The van der Waals surface area contributed by atoms with Crippen molar-refractivity contribution >= 4 is 0 Å². The molecule has 1 heterocycles. The fourth-order valence-corrected chi connectivity index (χ4v) is 1.92. The topological polar surface area (TPSA) is 37.8 Å². The van der Waals surface area contributed by atoms with E-state index in [1.54, 1.807) is 0 Å². The predicted octanol–water partition coefficient (Wildman–Crippen LogP) is 0.993. The average molecular weight is 177 g/mol. The molecule has 2 rings (SSSR count). The summed E-state index contributed by atoms with van der Waals surface area (Å²) in [5.74, 6) is 0.931. The highest BCUT2D eigenvalue weighted by Crippen LogP contribution is 2.21. The standard InChI is InChI=1S/C10H15N3/c1-7-8-4-3-5-9(8)13-10(12-7)6-11-2/h11H,3-6H2,1-2H3. The summed E-state index contributed by atoms with van der Waals surface area (Å²) in [6, 6.07) is 0. The number of hydrogen-bond acceptors (Lipinski definition) is 3. The molecule has 0 aromatic carbocycles. The first-order chi connectivity index (χ1) is 6.31. The second kappa shape index (κ2) is 3.42. The highest BCUT2D eigenvalue weighted by atomic mass is 15.0. The van der Waals surface area contributed by atoms with E-state index in [2.05, 4.69) is 22.2 Å². The lowest BCUT2D eigenvalue weighted by molar-refractivity contribution is 0.742. The molecule has 0 saturated carbocycles. The number of aryl methyl sites for hydroxylation is 2. The Bertz CT molecular complexity index is 320. The normalized spacial score (nSPS) is 14.6. The van der Waals surface area contributed by atoms with Crippen LogP contribution in [0.1, 0.15) is 29.2 Å². The van der Waals surface area contributed by atoms with E-state index >= 15 is 0 Å². The van der Waals surface area contributed by atoms with Crippen LogP contribution in [0, 0.1) is 6.92 Å². The van der Waals surface area contributed by atoms with Crippen molar-refractivity contribution in [2.45, 2.75) is 32.7 Å². The maximum absolute atomic E-state index is 4.53. The lowest BCUT2D eigenvalue weighted by atomic mass is 10.2. The SMILES string of the molecule is CNCc1nc(C)c2c(n1)CCC2. The summed E-state index contributed by atoms with van der Waals surface area (Å²) in [6.45, 7) is 2.86. The molecule has 1 aliphatic rings. The summed E-state index contributed by atoms with van der Waals surface area (Å²) in [6.07, 6.45) is 3.55. The minimum absolute atomic E-state index is 0.772. The van der Waals surface area contributed by atoms with E-state index in [0.29, 0.717) is 0 Å². The molecule has 0 atom stereocenters. The van der Waals surface area contributed by atoms with Crippen molar-refractivity contribution in [3.63, 3.8) is 0 Å². The number of hydrogen-bond donors (Lipinski definition) is 1. The number of nitrogens with one attached hydrogen (secondary N) is 1. The van der Waals surface area contributed by atoms with E-state index in [1.165, 1.54) is 29.8 Å². The van der Waals surface area contributed by atoms with E-state index in [1.807, 2.05) is 7.05 Å². The van der Waals surface area contributed by atoms with Crippen LogP contribution in [-0.2, 0) is 19.4 Å². The lowest BCUT2D eigenvalue weighted by Crippen LogP contribution is -2.11. The smallest absolute Gasteiger partial charge is 0.142 e. The second-order valence-corrected chi connectivity index (χ2v) is 3.53. The van der Waals surface area contributed by atoms with E-state index in [-0.39, 0.29) is 0 Å². The molecular formula is C10H15N3. The molecule has 0 unspecified atom stereocenters. The van der Waals surface area contributed by atoms with Gasteiger partial charge in [0.25, 0.3) is 0 Å². The van der Waals surface area contributed by atoms with E-state index < -0.39 is 0 Å². The van der Waals surface area contributed by atoms with E-state index in [9.17, 15) is 0 Å². The van der Waals surface area contributed by atoms with Gasteiger partial charge in [0, 0.05) is 11.4 Å². The highest BCUT2D eigenvalue weighted by molar-refractivity contribution is 5.29. The van der Waals surface area contributed by atoms with Crippen LogP contribution in [0.25, 0.3) is 0 Å². The van der Waals surface area contributed by atoms with Crippen molar-refractivity contribution in [1.29, 1.82) is 0 Å². The zero-order chi connectivity index (χ0) is 9.26. The maximum Gasteiger partial charge on any atom is 0.142 e. The van der Waals surface area contributed by atoms with Crippen LogP contribution in [0.4, 0.5) is 0 Å². The largest absolute Gasteiger partial charge is 0.313 e. The minimum Gasteiger partial charge on any atom is -0.313 e. The second-order valence-electron chi connectivity index (χ2n) is 3.53. The molecule has 1 aromatic rings. The van der Waals surface area contributed by atoms with Crippen LogP contribution >= 0.6 is 0 Å². The van der Waals surface area contributed by atoms with Crippen LogP contribution in [-0.4, -0.2) is 17.0 Å². The quantitative estimate of drug-likeness (QED) is 0.732. The summed E-state index contributed by atoms with van der Waals surface area (Å²) in [5, 5.41) is 3.08. The molecule has 0 bridgehead atoms. The fourth-order valence-electron chi connectivity index (χ4n) is 1.92. The van der Waals surface area contributed by atoms with Crippen LogP contribution in [0.2, 0.25) is 0 Å². The van der Waals surface area contributed by atoms with Gasteiger partial charge in [-0.15, -0.1) is 0 Å². The third-order valence-electron chi connectivity index (χ3n) is 2.52. The maximum atomic E-state index is 4.53. The molecule has 0 spiro atoms. The van der Waals surface area contributed by atoms with Gasteiger partial charge in [0.1, 0.15) is 5.82 Å². The van der Waals surface area contributed by atoms with Crippen molar-refractivity contribution in [3.8, 4) is 0 Å². The first-order valence-electron chi connectivity index (χ1n) is 4.81. The fraction of sp³-hybridized carbons (Fsp3) is 0.600. The van der Waals surface area contributed by atoms with Gasteiger partial charge >= 0.3 is 0 Å². The van der Waals surface area contributed by atoms with Crippen LogP contribution in [0.15, 0.2) is 0 Å². The zero-order valence-electron chi connectivity index (χ0n) is 8.22. The molecule has 0 radical (unpaired) electrons. The Morgan fingerprint density at radius 2 is 2.15 bits per heavy atom. The molecule has 1 aliphatic carbocycles. The minimum atomic E-state index is 0.772. The summed E-state index contributed by atoms with van der Waals surface area (Å²) in [7, 11) is 1.92. The van der Waals surface area contributed by atoms with Gasteiger partial charge in [-0.25, -0.2) is 9.97 Å². The Kier molecular flexibility index (Phi) is 2.27. The van der Waals surface area contributed by atoms with Gasteiger partial charge in [-0.2, -0.15) is 0 Å². The summed E-state index contributed by atoms with van der Waals surface area (Å²) in [5.41, 5.74) is 3.84. The Labute approximate surface area is 78.6 Å². The number of rotatable bonds is 2. The third-order valence-corrected chi connectivity index (χ3v) is 2.52. The first-order valence-corrected chi connectivity index (χ1v) is 4.81. The van der Waals surface area contributed by atoms with Crippen molar-refractivity contribution in [3.05, 3.63) is 22.8 Å². The van der Waals surface area contributed by atoms with Gasteiger partial charge in [0.05, 0.1) is 6.54 Å². The summed E-state index contributed by atoms with van der Waals surface area (Å²) < 4.78 is 0. The molecule has 70 valence electrons. The van der Waals surface area contributed by atoms with Crippen molar-refractivity contribution in [2.75, 3.05) is 7.05 Å². The van der Waals surface area contributed by atoms with Gasteiger partial charge in [0.2, 0.25) is 0 Å². The van der Waals surface area contributed by atoms with Gasteiger partial charge in [-0.3, -0.25) is 0 Å². The molecule has 1 N–H and O–H groups in total. The zero-order valence-corrected chi connectivity index (χ0v) is 8.22. The first kappa shape index (κ1) is 8.63. The summed E-state index contributed by atoms with van der Waals surface area (Å²) in [4.78, 5) is 8.99. The lowest BCUT2D eigenvalue weighted by Gasteiger charge is -2.05. The Morgan fingerprint density at radius 3 is 2.92 bits per heavy atom. The number of aromatic nitrogens is 2. The van der Waals surface area contributed by atoms with E-state index in [0.717, 1.165) is 18.8 Å². The molecule has 0 fully saturated rings. The molecule has 0 amide bonds. The van der Waals surface area contributed by atoms with Gasteiger partial charge in [-0.1, -0.05) is 0 Å². The molecular weight excluding hydrogens is 162 g/mol. The van der Waals surface area contributed by atoms with Gasteiger partial charge in [0.15, 0.2) is 0 Å². The Morgan fingerprint density at radius 1 is 1.31 bits per heavy atom. The van der Waals surface area contributed by atoms with Crippen LogP contribution in [0.5, 0.6) is 0 Å². The van der Waals surface area contributed by atoms with Gasteiger partial charge < -0.3 is 5.32 Å². The highest BCUT2D eigenvalue weighted by Gasteiger charge is 2.16. The van der Waals surface area contributed by atoms with Crippen LogP contribution < -0.4 is 5.32 Å². The molecule has 0 aliphatic heterocycles. The van der Waals surface area contributed by atoms with Gasteiger partial charge in [-0.05, 0) is 38.8 Å². The average Bonchev–Trinajstić information content (AvgIpc) is 2.53. The van der Waals surface area contributed by atoms with Crippen LogP contribution in [0.3, 0.4) is 0 Å². The predicted molar refractivity (Wildman–Crippen MR) is 51.6 cm³/mol. The van der Waals surface area contributed by atoms with Crippen molar-refractivity contribution in [2.24, 2.45) is 0 Å². The number of nitrogens with zero attached hydrogens (tertiary/aromatic N) is 2. The Balaban J connectivity index is 2.37. The van der Waals surface area contributed by atoms with Crippen molar-refractivity contribution in [1.82, 2.24) is 15.3 Å². The molecule has 3 heteroatoms.